The van der Waals surface area contributed by atoms with Crippen LogP contribution in [0.3, 0.4) is 0 Å². The number of hydrogen-bond acceptors (Lipinski definition) is 4. The number of sulfonamides is 1. The predicted octanol–water partition coefficient (Wildman–Crippen LogP) is 2.16. The SMILES string of the molecule is CCc1cccc(NC(=O)c2ccc(S(=O)(=O)NC[C@@H](C)O)cc2)c1. The Morgan fingerprint density at radius 3 is 2.44 bits per heavy atom. The van der Waals surface area contributed by atoms with E-state index < -0.39 is 16.1 Å². The zero-order chi connectivity index (χ0) is 18.4. The number of carbonyl (C=O) groups is 1. The number of aryl methyl sites for hydroxylation is 1. The van der Waals surface area contributed by atoms with Crippen molar-refractivity contribution < 1.29 is 18.3 Å². The minimum Gasteiger partial charge on any atom is -0.392 e. The van der Waals surface area contributed by atoms with Crippen molar-refractivity contribution in [2.24, 2.45) is 0 Å². The summed E-state index contributed by atoms with van der Waals surface area (Å²) in [6, 6.07) is 13.2. The average Bonchev–Trinajstić information content (AvgIpc) is 2.60. The summed E-state index contributed by atoms with van der Waals surface area (Å²) in [5.74, 6) is -0.311. The second kappa shape index (κ2) is 8.24. The van der Waals surface area contributed by atoms with Crippen molar-refractivity contribution in [3.8, 4) is 0 Å². The first-order chi connectivity index (χ1) is 11.8. The van der Waals surface area contributed by atoms with Crippen LogP contribution in [0.4, 0.5) is 5.69 Å². The molecule has 2 aromatic rings. The molecule has 3 N–H and O–H groups in total. The molecule has 7 heteroatoms. The maximum atomic E-state index is 12.3. The van der Waals surface area contributed by atoms with Gasteiger partial charge in [-0.1, -0.05) is 19.1 Å². The molecule has 134 valence electrons. The van der Waals surface area contributed by atoms with Gasteiger partial charge in [-0.15, -0.1) is 0 Å². The predicted molar refractivity (Wildman–Crippen MR) is 97.1 cm³/mol. The zero-order valence-electron chi connectivity index (χ0n) is 14.2. The van der Waals surface area contributed by atoms with Crippen molar-refractivity contribution in [3.05, 3.63) is 59.7 Å². The number of aliphatic hydroxyl groups excluding tert-OH is 1. The summed E-state index contributed by atoms with van der Waals surface area (Å²) >= 11 is 0. The van der Waals surface area contributed by atoms with E-state index in [2.05, 4.69) is 10.0 Å². The number of rotatable bonds is 7. The summed E-state index contributed by atoms with van der Waals surface area (Å²) in [7, 11) is -3.71. The van der Waals surface area contributed by atoms with Gasteiger partial charge in [-0.3, -0.25) is 4.79 Å². The number of amides is 1. The number of benzene rings is 2. The highest BCUT2D eigenvalue weighted by Gasteiger charge is 2.15. The quantitative estimate of drug-likeness (QED) is 0.703. The van der Waals surface area contributed by atoms with Gasteiger partial charge in [0.05, 0.1) is 11.0 Å². The van der Waals surface area contributed by atoms with Gasteiger partial charge in [0.25, 0.3) is 5.91 Å². The number of nitrogens with one attached hydrogen (secondary N) is 2. The monoisotopic (exact) mass is 362 g/mol. The summed E-state index contributed by atoms with van der Waals surface area (Å²) in [4.78, 5) is 12.3. The Bertz CT molecular complexity index is 830. The third-order valence-electron chi connectivity index (χ3n) is 3.59. The van der Waals surface area contributed by atoms with E-state index in [9.17, 15) is 18.3 Å². The Morgan fingerprint density at radius 1 is 1.16 bits per heavy atom. The highest BCUT2D eigenvalue weighted by molar-refractivity contribution is 7.89. The lowest BCUT2D eigenvalue weighted by Crippen LogP contribution is -2.30. The van der Waals surface area contributed by atoms with Gasteiger partial charge >= 0.3 is 0 Å². The summed E-state index contributed by atoms with van der Waals surface area (Å²) in [6.45, 7) is 3.45. The lowest BCUT2D eigenvalue weighted by atomic mass is 10.1. The molecule has 0 fully saturated rings. The number of carbonyl (C=O) groups excluding carboxylic acids is 1. The van der Waals surface area contributed by atoms with Crippen LogP contribution in [0.25, 0.3) is 0 Å². The van der Waals surface area contributed by atoms with Gasteiger partial charge in [0.2, 0.25) is 10.0 Å². The van der Waals surface area contributed by atoms with Crippen molar-refractivity contribution in [1.82, 2.24) is 4.72 Å². The maximum Gasteiger partial charge on any atom is 0.255 e. The van der Waals surface area contributed by atoms with Crippen LogP contribution in [-0.2, 0) is 16.4 Å². The van der Waals surface area contributed by atoms with Gasteiger partial charge in [0.15, 0.2) is 0 Å². The lowest BCUT2D eigenvalue weighted by Gasteiger charge is -2.10. The van der Waals surface area contributed by atoms with Gasteiger partial charge in [-0.2, -0.15) is 0 Å². The normalized spacial score (nSPS) is 12.6. The summed E-state index contributed by atoms with van der Waals surface area (Å²) in [5, 5.41) is 12.0. The van der Waals surface area contributed by atoms with Crippen LogP contribution in [-0.4, -0.2) is 32.1 Å². The summed E-state index contributed by atoms with van der Waals surface area (Å²) in [6.07, 6.45) is 0.0918. The second-order valence-electron chi connectivity index (χ2n) is 5.73. The molecule has 0 bridgehead atoms. The fourth-order valence-corrected chi connectivity index (χ4v) is 3.29. The maximum absolute atomic E-state index is 12.3. The highest BCUT2D eigenvalue weighted by atomic mass is 32.2. The van der Waals surface area contributed by atoms with E-state index in [0.717, 1.165) is 12.0 Å². The van der Waals surface area contributed by atoms with Crippen LogP contribution in [0, 0.1) is 0 Å². The molecule has 25 heavy (non-hydrogen) atoms. The van der Waals surface area contributed by atoms with Gasteiger partial charge in [-0.05, 0) is 55.3 Å². The van der Waals surface area contributed by atoms with Crippen molar-refractivity contribution in [2.45, 2.75) is 31.3 Å². The minimum absolute atomic E-state index is 0.0395. The van der Waals surface area contributed by atoms with Crippen LogP contribution in [0.15, 0.2) is 53.4 Å². The van der Waals surface area contributed by atoms with Crippen LogP contribution < -0.4 is 10.0 Å². The van der Waals surface area contributed by atoms with Crippen LogP contribution >= 0.6 is 0 Å². The van der Waals surface area contributed by atoms with E-state index in [-0.39, 0.29) is 17.3 Å². The van der Waals surface area contributed by atoms with Crippen molar-refractivity contribution >= 4 is 21.6 Å². The van der Waals surface area contributed by atoms with Crippen LogP contribution in [0.1, 0.15) is 29.8 Å². The highest BCUT2D eigenvalue weighted by Crippen LogP contribution is 2.15. The van der Waals surface area contributed by atoms with Gasteiger partial charge in [0, 0.05) is 17.8 Å². The van der Waals surface area contributed by atoms with Crippen molar-refractivity contribution in [3.63, 3.8) is 0 Å². The van der Waals surface area contributed by atoms with E-state index in [1.54, 1.807) is 6.07 Å². The molecule has 2 aromatic carbocycles. The molecule has 0 radical (unpaired) electrons. The number of anilines is 1. The van der Waals surface area contributed by atoms with Crippen LogP contribution in [0.2, 0.25) is 0 Å². The molecule has 0 aliphatic heterocycles. The summed E-state index contributed by atoms with van der Waals surface area (Å²) < 4.78 is 26.4. The van der Waals surface area contributed by atoms with E-state index in [1.807, 2.05) is 25.1 Å². The standard InChI is InChI=1S/C18H22N2O4S/c1-3-14-5-4-6-16(11-14)20-18(22)15-7-9-17(10-8-15)25(23,24)19-12-13(2)21/h4-11,13,19,21H,3,12H2,1-2H3,(H,20,22)/t13-/m1/s1. The van der Waals surface area contributed by atoms with E-state index in [4.69, 9.17) is 0 Å². The third-order valence-corrected chi connectivity index (χ3v) is 5.03. The largest absolute Gasteiger partial charge is 0.392 e. The molecule has 6 nitrogen and oxygen atoms in total. The topological polar surface area (TPSA) is 95.5 Å². The van der Waals surface area contributed by atoms with Gasteiger partial charge < -0.3 is 10.4 Å². The first-order valence-corrected chi connectivity index (χ1v) is 9.48. The molecular formula is C18H22N2O4S. The third kappa shape index (κ3) is 5.38. The molecule has 0 aliphatic carbocycles. The van der Waals surface area contributed by atoms with Crippen molar-refractivity contribution in [1.29, 1.82) is 0 Å². The van der Waals surface area contributed by atoms with Gasteiger partial charge in [0.1, 0.15) is 0 Å². The molecule has 0 unspecified atom stereocenters. The molecule has 1 atom stereocenters. The molecule has 2 rings (SSSR count). The number of hydrogen-bond donors (Lipinski definition) is 3. The fraction of sp³-hybridized carbons (Fsp3) is 0.278. The Balaban J connectivity index is 2.09. The zero-order valence-corrected chi connectivity index (χ0v) is 15.0. The first-order valence-electron chi connectivity index (χ1n) is 8.00. The second-order valence-corrected chi connectivity index (χ2v) is 7.50. The molecule has 0 aliphatic rings. The lowest BCUT2D eigenvalue weighted by molar-refractivity contribution is 0.102. The molecule has 0 saturated heterocycles. The van der Waals surface area contributed by atoms with Gasteiger partial charge in [-0.25, -0.2) is 13.1 Å². The Morgan fingerprint density at radius 2 is 1.84 bits per heavy atom. The number of aliphatic hydroxyl groups is 1. The molecule has 0 spiro atoms. The Hall–Kier alpha value is -2.22. The molecular weight excluding hydrogens is 340 g/mol. The first kappa shape index (κ1) is 19.1. The Labute approximate surface area is 147 Å². The van der Waals surface area contributed by atoms with E-state index in [1.165, 1.54) is 31.2 Å². The van der Waals surface area contributed by atoms with Crippen LogP contribution in [0.5, 0.6) is 0 Å². The molecule has 1 amide bonds. The fourth-order valence-electron chi connectivity index (χ4n) is 2.17. The minimum atomic E-state index is -3.71. The Kier molecular flexibility index (Phi) is 6.30. The summed E-state index contributed by atoms with van der Waals surface area (Å²) in [5.41, 5.74) is 2.17. The molecule has 0 aromatic heterocycles. The molecule has 0 saturated carbocycles. The molecule has 0 heterocycles. The van der Waals surface area contributed by atoms with Crippen molar-refractivity contribution in [2.75, 3.05) is 11.9 Å². The average molecular weight is 362 g/mol. The van der Waals surface area contributed by atoms with E-state index >= 15 is 0 Å². The van der Waals surface area contributed by atoms with E-state index in [0.29, 0.717) is 11.3 Å². The smallest absolute Gasteiger partial charge is 0.255 e.